The molecule has 0 radical (unpaired) electrons. The van der Waals surface area contributed by atoms with E-state index >= 15 is 0 Å². The molecule has 0 saturated carbocycles. The van der Waals surface area contributed by atoms with Crippen LogP contribution in [0.2, 0.25) is 0 Å². The molecule has 6 heteroatoms. The second-order valence-electron chi connectivity index (χ2n) is 6.86. The zero-order chi connectivity index (χ0) is 20.5. The highest BCUT2D eigenvalue weighted by Crippen LogP contribution is 2.31. The smallest absolute Gasteiger partial charge is 0.315 e. The van der Waals surface area contributed by atoms with Crippen molar-refractivity contribution < 1.29 is 19.0 Å². The molecule has 0 fully saturated rings. The number of nitrogens with one attached hydrogen (secondary N) is 2. The van der Waals surface area contributed by atoms with E-state index in [1.165, 1.54) is 0 Å². The number of methoxy groups -OCH3 is 1. The average molecular weight is 386 g/mol. The Morgan fingerprint density at radius 1 is 1.07 bits per heavy atom. The molecule has 2 aromatic rings. The number of hydrogen-bond acceptors (Lipinski definition) is 4. The van der Waals surface area contributed by atoms with Crippen molar-refractivity contribution in [1.82, 2.24) is 10.6 Å². The van der Waals surface area contributed by atoms with Crippen LogP contribution in [0.1, 0.15) is 37.9 Å². The van der Waals surface area contributed by atoms with Gasteiger partial charge in [0.1, 0.15) is 12.4 Å². The molecule has 2 aromatic carbocycles. The predicted octanol–water partition coefficient (Wildman–Crippen LogP) is 4.23. The van der Waals surface area contributed by atoms with Gasteiger partial charge in [0.25, 0.3) is 0 Å². The van der Waals surface area contributed by atoms with E-state index in [0.717, 1.165) is 16.9 Å². The lowest BCUT2D eigenvalue weighted by atomic mass is 10.1. The van der Waals surface area contributed by atoms with E-state index in [1.54, 1.807) is 7.11 Å². The first-order valence-electron chi connectivity index (χ1n) is 9.47. The molecule has 0 aliphatic heterocycles. The second kappa shape index (κ2) is 10.4. The van der Waals surface area contributed by atoms with Crippen LogP contribution in [0, 0.1) is 6.92 Å². The minimum atomic E-state index is -0.248. The van der Waals surface area contributed by atoms with Gasteiger partial charge in [0, 0.05) is 0 Å². The third kappa shape index (κ3) is 6.68. The van der Waals surface area contributed by atoms with Crippen LogP contribution in [0.5, 0.6) is 17.2 Å². The van der Waals surface area contributed by atoms with Crippen LogP contribution in [0.15, 0.2) is 42.5 Å². The average Bonchev–Trinajstić information content (AvgIpc) is 2.65. The number of hydrogen-bond donors (Lipinski definition) is 2. The fraction of sp³-hybridized carbons (Fsp3) is 0.409. The van der Waals surface area contributed by atoms with Crippen molar-refractivity contribution in [2.24, 2.45) is 0 Å². The van der Waals surface area contributed by atoms with Gasteiger partial charge in [0.2, 0.25) is 0 Å². The van der Waals surface area contributed by atoms with Gasteiger partial charge in [-0.25, -0.2) is 4.79 Å². The van der Waals surface area contributed by atoms with Crippen LogP contribution < -0.4 is 24.8 Å². The summed E-state index contributed by atoms with van der Waals surface area (Å²) in [6, 6.07) is 13.0. The summed E-state index contributed by atoms with van der Waals surface area (Å²) in [5, 5.41) is 5.72. The number of benzene rings is 2. The Balaban J connectivity index is 1.81. The Kier molecular flexibility index (Phi) is 7.99. The molecule has 2 amide bonds. The summed E-state index contributed by atoms with van der Waals surface area (Å²) in [6.07, 6.45) is 0.0584. The van der Waals surface area contributed by atoms with E-state index in [2.05, 4.69) is 10.6 Å². The molecule has 28 heavy (non-hydrogen) atoms. The fourth-order valence-corrected chi connectivity index (χ4v) is 2.67. The van der Waals surface area contributed by atoms with Crippen LogP contribution in [0.3, 0.4) is 0 Å². The summed E-state index contributed by atoms with van der Waals surface area (Å²) in [5.41, 5.74) is 2.07. The van der Waals surface area contributed by atoms with Crippen molar-refractivity contribution in [3.05, 3.63) is 53.6 Å². The van der Waals surface area contributed by atoms with E-state index < -0.39 is 0 Å². The van der Waals surface area contributed by atoms with Crippen molar-refractivity contribution in [3.63, 3.8) is 0 Å². The molecule has 0 aliphatic rings. The van der Waals surface area contributed by atoms with Crippen molar-refractivity contribution in [1.29, 1.82) is 0 Å². The summed E-state index contributed by atoms with van der Waals surface area (Å²) in [7, 11) is 1.60. The summed E-state index contributed by atoms with van der Waals surface area (Å²) >= 11 is 0. The first kappa shape index (κ1) is 21.4. The summed E-state index contributed by atoms with van der Waals surface area (Å²) < 4.78 is 16.8. The first-order valence-corrected chi connectivity index (χ1v) is 9.47. The normalized spacial score (nSPS) is 11.6. The topological polar surface area (TPSA) is 68.8 Å². The number of rotatable bonds is 9. The van der Waals surface area contributed by atoms with E-state index in [9.17, 15) is 4.79 Å². The number of carbonyl (C=O) groups is 1. The highest BCUT2D eigenvalue weighted by atomic mass is 16.5. The number of amides is 2. The first-order chi connectivity index (χ1) is 13.4. The van der Waals surface area contributed by atoms with Crippen molar-refractivity contribution in [3.8, 4) is 17.2 Å². The Hall–Kier alpha value is -2.89. The van der Waals surface area contributed by atoms with Crippen LogP contribution in [-0.4, -0.2) is 32.4 Å². The molecule has 0 saturated heterocycles. The number of ether oxygens (including phenoxy) is 3. The highest BCUT2D eigenvalue weighted by molar-refractivity contribution is 5.74. The quantitative estimate of drug-likeness (QED) is 0.633. The standard InChI is InChI=1S/C22H30N2O4/c1-15(2)28-20-10-9-18(14-21(20)26-5)17(4)24-22(25)23-11-12-27-19-8-6-7-16(3)13-19/h6-10,13-15,17H,11-12H2,1-5H3,(H2,23,24,25). The summed E-state index contributed by atoms with van der Waals surface area (Å²) in [5.74, 6) is 2.13. The largest absolute Gasteiger partial charge is 0.493 e. The van der Waals surface area contributed by atoms with Gasteiger partial charge in [-0.3, -0.25) is 0 Å². The van der Waals surface area contributed by atoms with Crippen LogP contribution in [0.4, 0.5) is 4.79 Å². The monoisotopic (exact) mass is 386 g/mol. The van der Waals surface area contributed by atoms with Crippen molar-refractivity contribution in [2.75, 3.05) is 20.3 Å². The molecule has 0 aliphatic carbocycles. The molecule has 1 atom stereocenters. The maximum atomic E-state index is 12.1. The minimum Gasteiger partial charge on any atom is -0.493 e. The highest BCUT2D eigenvalue weighted by Gasteiger charge is 2.13. The van der Waals surface area contributed by atoms with Gasteiger partial charge in [0.15, 0.2) is 11.5 Å². The molecular weight excluding hydrogens is 356 g/mol. The Labute approximate surface area is 167 Å². The Bertz CT molecular complexity index is 777. The Morgan fingerprint density at radius 2 is 1.86 bits per heavy atom. The third-order valence-electron chi connectivity index (χ3n) is 4.04. The SMILES string of the molecule is COc1cc(C(C)NC(=O)NCCOc2cccc(C)c2)ccc1OC(C)C. The van der Waals surface area contributed by atoms with Gasteiger partial charge in [-0.1, -0.05) is 18.2 Å². The van der Waals surface area contributed by atoms with E-state index in [4.69, 9.17) is 14.2 Å². The lowest BCUT2D eigenvalue weighted by Gasteiger charge is -2.18. The molecule has 6 nitrogen and oxygen atoms in total. The maximum Gasteiger partial charge on any atom is 0.315 e. The fourth-order valence-electron chi connectivity index (χ4n) is 2.67. The molecule has 2 rings (SSSR count). The molecule has 0 heterocycles. The van der Waals surface area contributed by atoms with Crippen LogP contribution >= 0.6 is 0 Å². The zero-order valence-electron chi connectivity index (χ0n) is 17.2. The van der Waals surface area contributed by atoms with Crippen molar-refractivity contribution in [2.45, 2.75) is 39.8 Å². The van der Waals surface area contributed by atoms with Crippen LogP contribution in [0.25, 0.3) is 0 Å². The summed E-state index contributed by atoms with van der Waals surface area (Å²) in [4.78, 5) is 12.1. The lowest BCUT2D eigenvalue weighted by Crippen LogP contribution is -2.39. The number of urea groups is 1. The van der Waals surface area contributed by atoms with Gasteiger partial charge < -0.3 is 24.8 Å². The molecular formula is C22H30N2O4. The maximum absolute atomic E-state index is 12.1. The summed E-state index contributed by atoms with van der Waals surface area (Å²) in [6.45, 7) is 8.67. The molecule has 152 valence electrons. The number of carbonyl (C=O) groups excluding carboxylic acids is 1. The predicted molar refractivity (Wildman–Crippen MR) is 110 cm³/mol. The Morgan fingerprint density at radius 3 is 2.54 bits per heavy atom. The van der Waals surface area contributed by atoms with Gasteiger partial charge in [-0.15, -0.1) is 0 Å². The zero-order valence-corrected chi connectivity index (χ0v) is 17.2. The van der Waals surface area contributed by atoms with Crippen molar-refractivity contribution >= 4 is 6.03 Å². The van der Waals surface area contributed by atoms with Gasteiger partial charge in [-0.2, -0.15) is 0 Å². The minimum absolute atomic E-state index is 0.0584. The third-order valence-corrected chi connectivity index (χ3v) is 4.04. The molecule has 2 N–H and O–H groups in total. The molecule has 0 aromatic heterocycles. The molecule has 0 bridgehead atoms. The number of aryl methyl sites for hydroxylation is 1. The van der Waals surface area contributed by atoms with E-state index in [0.29, 0.717) is 24.7 Å². The second-order valence-corrected chi connectivity index (χ2v) is 6.86. The van der Waals surface area contributed by atoms with Gasteiger partial charge in [-0.05, 0) is 63.1 Å². The van der Waals surface area contributed by atoms with E-state index in [-0.39, 0.29) is 18.2 Å². The van der Waals surface area contributed by atoms with Gasteiger partial charge >= 0.3 is 6.03 Å². The van der Waals surface area contributed by atoms with Crippen LogP contribution in [-0.2, 0) is 0 Å². The lowest BCUT2D eigenvalue weighted by molar-refractivity contribution is 0.229. The van der Waals surface area contributed by atoms with E-state index in [1.807, 2.05) is 70.2 Å². The van der Waals surface area contributed by atoms with Gasteiger partial charge in [0.05, 0.1) is 25.8 Å². The molecule has 1 unspecified atom stereocenters. The molecule has 0 spiro atoms.